The van der Waals surface area contributed by atoms with E-state index in [0.29, 0.717) is 17.1 Å². The van der Waals surface area contributed by atoms with Gasteiger partial charge >= 0.3 is 148 Å². The number of carbonyl (C=O) groups excluding carboxylic acids is 1. The van der Waals surface area contributed by atoms with E-state index in [2.05, 4.69) is 12.1 Å². The average Bonchev–Trinajstić information content (AvgIpc) is 2.64. The minimum absolute atomic E-state index is 0.0421. The summed E-state index contributed by atoms with van der Waals surface area (Å²) in [5.41, 5.74) is 1.27. The second kappa shape index (κ2) is 9.33. The van der Waals surface area contributed by atoms with Crippen LogP contribution in [0, 0.1) is 0 Å². The Bertz CT molecular complexity index is 673. The molecule has 0 atom stereocenters. The Hall–Kier alpha value is -2.01. The molecule has 2 aromatic rings. The number of rotatable bonds is 8. The molecule has 0 radical (unpaired) electrons. The van der Waals surface area contributed by atoms with E-state index < -0.39 is 5.97 Å². The molecule has 0 aliphatic carbocycles. The van der Waals surface area contributed by atoms with Crippen molar-refractivity contribution in [2.24, 2.45) is 0 Å². The van der Waals surface area contributed by atoms with Gasteiger partial charge in [0.25, 0.3) is 0 Å². The molecule has 0 bridgehead atoms. The fraction of sp³-hybridized carbons (Fsp3) is 0.278. The van der Waals surface area contributed by atoms with Crippen LogP contribution in [0.4, 0.5) is 0 Å². The van der Waals surface area contributed by atoms with Gasteiger partial charge in [-0.15, -0.1) is 0 Å². The molecule has 2 rings (SSSR count). The van der Waals surface area contributed by atoms with Crippen molar-refractivity contribution in [3.8, 4) is 11.5 Å². The molecule has 0 unspecified atom stereocenters. The van der Waals surface area contributed by atoms with Crippen LogP contribution in [0.1, 0.15) is 15.9 Å². The second-order valence-corrected chi connectivity index (χ2v) is 7.00. The summed E-state index contributed by atoms with van der Waals surface area (Å²) in [5.74, 6) is 0.608. The number of hydrogen-bond donors (Lipinski definition) is 0. The molecule has 24 heavy (non-hydrogen) atoms. The molecule has 6 heteroatoms. The van der Waals surface area contributed by atoms with Gasteiger partial charge in [-0.2, -0.15) is 0 Å². The number of methoxy groups -OCH3 is 3. The first-order valence-electron chi connectivity index (χ1n) is 7.28. The van der Waals surface area contributed by atoms with Crippen molar-refractivity contribution in [1.29, 1.82) is 0 Å². The molecule has 0 aromatic heterocycles. The molecule has 0 heterocycles. The molecule has 5 nitrogen and oxygen atoms in total. The predicted molar refractivity (Wildman–Crippen MR) is 92.4 cm³/mol. The van der Waals surface area contributed by atoms with Gasteiger partial charge in [-0.25, -0.2) is 0 Å². The first-order valence-corrected chi connectivity index (χ1v) is 9.35. The number of esters is 1. The standard InChI is InChI=1S/C18H20O5Se/c1-20-12-23-16-10-14(21-2)9-13(17(16)18(19)22-3)11-24-15-7-5-4-6-8-15/h4-10H,11-12H2,1-3H3. The van der Waals surface area contributed by atoms with E-state index in [0.717, 1.165) is 10.9 Å². The molecule has 0 amide bonds. The fourth-order valence-corrected chi connectivity index (χ4v) is 4.01. The molecular formula is C18H20O5Se. The number of hydrogen-bond acceptors (Lipinski definition) is 5. The zero-order valence-corrected chi connectivity index (χ0v) is 15.6. The Morgan fingerprint density at radius 2 is 1.83 bits per heavy atom. The van der Waals surface area contributed by atoms with E-state index in [1.807, 2.05) is 24.3 Å². The van der Waals surface area contributed by atoms with Crippen molar-refractivity contribution in [2.45, 2.75) is 5.32 Å². The van der Waals surface area contributed by atoms with Gasteiger partial charge in [0, 0.05) is 0 Å². The van der Waals surface area contributed by atoms with Crippen molar-refractivity contribution < 1.29 is 23.7 Å². The molecule has 0 saturated heterocycles. The first kappa shape index (κ1) is 18.3. The van der Waals surface area contributed by atoms with Crippen LogP contribution in [0.5, 0.6) is 11.5 Å². The molecule has 128 valence electrons. The normalized spacial score (nSPS) is 10.3. The van der Waals surface area contributed by atoms with E-state index in [1.54, 1.807) is 13.2 Å². The summed E-state index contributed by atoms with van der Waals surface area (Å²) in [7, 11) is 4.47. The van der Waals surface area contributed by atoms with Crippen molar-refractivity contribution in [2.75, 3.05) is 28.1 Å². The third-order valence-electron chi connectivity index (χ3n) is 3.25. The average molecular weight is 395 g/mol. The molecule has 0 N–H and O–H groups in total. The monoisotopic (exact) mass is 396 g/mol. The predicted octanol–water partition coefficient (Wildman–Crippen LogP) is 1.99. The van der Waals surface area contributed by atoms with Gasteiger partial charge in [-0.1, -0.05) is 0 Å². The molecule has 0 aliphatic rings. The van der Waals surface area contributed by atoms with Crippen LogP contribution in [0.25, 0.3) is 0 Å². The summed E-state index contributed by atoms with van der Waals surface area (Å²) in [6.45, 7) is 0.0421. The number of benzene rings is 2. The Morgan fingerprint density at radius 3 is 2.46 bits per heavy atom. The SMILES string of the molecule is COCOc1cc(OC)cc(C[Se]c2ccccc2)c1C(=O)OC. The van der Waals surface area contributed by atoms with Gasteiger partial charge in [-0.05, 0) is 0 Å². The van der Waals surface area contributed by atoms with Crippen LogP contribution in [-0.4, -0.2) is 49.0 Å². The molecule has 0 fully saturated rings. The van der Waals surface area contributed by atoms with Gasteiger partial charge in [0.15, 0.2) is 0 Å². The maximum atomic E-state index is 12.3. The number of ether oxygens (including phenoxy) is 4. The third kappa shape index (κ3) is 4.74. The zero-order chi connectivity index (χ0) is 17.4. The van der Waals surface area contributed by atoms with Crippen LogP contribution in [0.3, 0.4) is 0 Å². The minimum atomic E-state index is -0.428. The van der Waals surface area contributed by atoms with E-state index in [9.17, 15) is 4.79 Å². The van der Waals surface area contributed by atoms with E-state index in [-0.39, 0.29) is 21.7 Å². The Labute approximate surface area is 148 Å². The molecule has 0 aliphatic heterocycles. The summed E-state index contributed by atoms with van der Waals surface area (Å²) >= 11 is 0.176. The Kier molecular flexibility index (Phi) is 7.12. The molecular weight excluding hydrogens is 375 g/mol. The third-order valence-corrected chi connectivity index (χ3v) is 5.48. The van der Waals surface area contributed by atoms with E-state index >= 15 is 0 Å². The van der Waals surface area contributed by atoms with Crippen molar-refractivity contribution in [1.82, 2.24) is 0 Å². The topological polar surface area (TPSA) is 54.0 Å². The molecule has 0 spiro atoms. The van der Waals surface area contributed by atoms with Crippen molar-refractivity contribution >= 4 is 25.4 Å². The summed E-state index contributed by atoms with van der Waals surface area (Å²) < 4.78 is 22.0. The summed E-state index contributed by atoms with van der Waals surface area (Å²) in [6.07, 6.45) is 0. The van der Waals surface area contributed by atoms with Gasteiger partial charge < -0.3 is 0 Å². The first-order chi connectivity index (χ1) is 11.7. The number of carbonyl (C=O) groups is 1. The summed E-state index contributed by atoms with van der Waals surface area (Å²) in [4.78, 5) is 12.3. The van der Waals surface area contributed by atoms with E-state index in [1.165, 1.54) is 18.7 Å². The quantitative estimate of drug-likeness (QED) is 0.389. The van der Waals surface area contributed by atoms with Crippen molar-refractivity contribution in [3.05, 3.63) is 53.6 Å². The van der Waals surface area contributed by atoms with Crippen LogP contribution in [-0.2, 0) is 14.8 Å². The van der Waals surface area contributed by atoms with Crippen LogP contribution in [0.2, 0.25) is 0 Å². The van der Waals surface area contributed by atoms with Crippen LogP contribution in [0.15, 0.2) is 42.5 Å². The zero-order valence-electron chi connectivity index (χ0n) is 13.9. The fourth-order valence-electron chi connectivity index (χ4n) is 2.12. The Balaban J connectivity index is 2.36. The van der Waals surface area contributed by atoms with Crippen LogP contribution < -0.4 is 13.9 Å². The Morgan fingerprint density at radius 1 is 1.08 bits per heavy atom. The maximum absolute atomic E-state index is 12.3. The van der Waals surface area contributed by atoms with E-state index in [4.69, 9.17) is 18.9 Å². The van der Waals surface area contributed by atoms with Gasteiger partial charge in [-0.3, -0.25) is 0 Å². The second-order valence-electron chi connectivity index (χ2n) is 4.80. The summed E-state index contributed by atoms with van der Waals surface area (Å²) in [6, 6.07) is 13.7. The summed E-state index contributed by atoms with van der Waals surface area (Å²) in [5, 5.41) is 0.724. The van der Waals surface area contributed by atoms with Gasteiger partial charge in [0.2, 0.25) is 0 Å². The van der Waals surface area contributed by atoms with Gasteiger partial charge in [0.1, 0.15) is 0 Å². The van der Waals surface area contributed by atoms with Crippen molar-refractivity contribution in [3.63, 3.8) is 0 Å². The van der Waals surface area contributed by atoms with Crippen LogP contribution >= 0.6 is 0 Å². The molecule has 2 aromatic carbocycles. The molecule has 0 saturated carbocycles. The van der Waals surface area contributed by atoms with Gasteiger partial charge in [0.05, 0.1) is 0 Å².